The van der Waals surface area contributed by atoms with E-state index in [1.54, 1.807) is 0 Å². The molecule has 1 aliphatic rings. The predicted molar refractivity (Wildman–Crippen MR) is 84.1 cm³/mol. The molecule has 1 aromatic rings. The van der Waals surface area contributed by atoms with Crippen molar-refractivity contribution < 1.29 is 4.79 Å². The molecule has 0 unspecified atom stereocenters. The summed E-state index contributed by atoms with van der Waals surface area (Å²) in [6.45, 7) is 4.34. The van der Waals surface area contributed by atoms with Crippen molar-refractivity contribution in [2.24, 2.45) is 0 Å². The van der Waals surface area contributed by atoms with E-state index in [-0.39, 0.29) is 5.91 Å². The topological polar surface area (TPSA) is 29.1 Å². The van der Waals surface area contributed by atoms with Crippen molar-refractivity contribution in [3.63, 3.8) is 0 Å². The summed E-state index contributed by atoms with van der Waals surface area (Å²) in [4.78, 5) is 12.3. The maximum atomic E-state index is 12.3. The zero-order valence-electron chi connectivity index (χ0n) is 12.8. The fourth-order valence-corrected chi connectivity index (χ4v) is 2.89. The minimum Gasteiger partial charge on any atom is -0.349 e. The van der Waals surface area contributed by atoms with E-state index >= 15 is 0 Å². The Kier molecular flexibility index (Phi) is 5.63. The van der Waals surface area contributed by atoms with Crippen molar-refractivity contribution in [2.75, 3.05) is 0 Å². The van der Waals surface area contributed by atoms with Crippen LogP contribution in [0.3, 0.4) is 0 Å². The Balaban J connectivity index is 1.92. The van der Waals surface area contributed by atoms with Crippen molar-refractivity contribution in [3.8, 4) is 0 Å². The Morgan fingerprint density at radius 3 is 2.10 bits per heavy atom. The highest BCUT2D eigenvalue weighted by Crippen LogP contribution is 2.18. The van der Waals surface area contributed by atoms with Gasteiger partial charge in [-0.05, 0) is 36.5 Å². The third-order valence-corrected chi connectivity index (χ3v) is 4.28. The molecule has 0 radical (unpaired) electrons. The molecule has 1 amide bonds. The Bertz CT molecular complexity index is 414. The minimum absolute atomic E-state index is 0.0888. The first-order chi connectivity index (χ1) is 9.66. The van der Waals surface area contributed by atoms with Gasteiger partial charge in [-0.2, -0.15) is 0 Å². The Morgan fingerprint density at radius 2 is 1.55 bits per heavy atom. The van der Waals surface area contributed by atoms with E-state index in [1.165, 1.54) is 37.7 Å². The van der Waals surface area contributed by atoms with E-state index in [2.05, 4.69) is 31.3 Å². The second kappa shape index (κ2) is 7.47. The van der Waals surface area contributed by atoms with Gasteiger partial charge in [-0.3, -0.25) is 4.79 Å². The molecule has 2 nitrogen and oxygen atoms in total. The minimum atomic E-state index is 0.0888. The fraction of sp³-hybridized carbons (Fsp3) is 0.611. The monoisotopic (exact) mass is 273 g/mol. The summed E-state index contributed by atoms with van der Waals surface area (Å²) in [5, 5.41) is 3.21. The second-order valence-electron chi connectivity index (χ2n) is 6.29. The molecule has 0 aromatic heterocycles. The lowest BCUT2D eigenvalue weighted by molar-refractivity contribution is 0.0930. The molecule has 0 heterocycles. The first-order valence-corrected chi connectivity index (χ1v) is 8.07. The third kappa shape index (κ3) is 4.36. The van der Waals surface area contributed by atoms with Crippen LogP contribution in [0.1, 0.15) is 80.6 Å². The molecule has 1 aliphatic carbocycles. The summed E-state index contributed by atoms with van der Waals surface area (Å²) in [6.07, 6.45) is 8.75. The van der Waals surface area contributed by atoms with E-state index in [9.17, 15) is 4.79 Å². The van der Waals surface area contributed by atoms with Gasteiger partial charge in [0.1, 0.15) is 0 Å². The predicted octanol–water partition coefficient (Wildman–Crippen LogP) is 4.65. The standard InChI is InChI=1S/C18H27NO/c1-14(2)15-10-12-16(13-11-15)18(20)19-17-8-6-4-3-5-7-9-17/h10-14,17H,3-9H2,1-2H3,(H,19,20). The number of benzene rings is 1. The van der Waals surface area contributed by atoms with Crippen LogP contribution in [-0.2, 0) is 0 Å². The van der Waals surface area contributed by atoms with Crippen LogP contribution in [0.5, 0.6) is 0 Å². The van der Waals surface area contributed by atoms with Gasteiger partial charge >= 0.3 is 0 Å². The van der Waals surface area contributed by atoms with E-state index in [1.807, 2.05) is 12.1 Å². The van der Waals surface area contributed by atoms with E-state index in [0.29, 0.717) is 12.0 Å². The molecule has 1 N–H and O–H groups in total. The summed E-state index contributed by atoms with van der Waals surface area (Å²) < 4.78 is 0. The molecule has 1 aromatic carbocycles. The van der Waals surface area contributed by atoms with Gasteiger partial charge < -0.3 is 5.32 Å². The molecule has 0 bridgehead atoms. The maximum Gasteiger partial charge on any atom is 0.251 e. The van der Waals surface area contributed by atoms with Crippen molar-refractivity contribution in [3.05, 3.63) is 35.4 Å². The number of nitrogens with one attached hydrogen (secondary N) is 1. The van der Waals surface area contributed by atoms with Crippen molar-refractivity contribution in [1.82, 2.24) is 5.32 Å². The first-order valence-electron chi connectivity index (χ1n) is 8.07. The van der Waals surface area contributed by atoms with Crippen LogP contribution >= 0.6 is 0 Å². The number of hydrogen-bond donors (Lipinski definition) is 1. The molecule has 20 heavy (non-hydrogen) atoms. The number of hydrogen-bond acceptors (Lipinski definition) is 1. The van der Waals surface area contributed by atoms with Gasteiger partial charge in [0.05, 0.1) is 0 Å². The third-order valence-electron chi connectivity index (χ3n) is 4.28. The lowest BCUT2D eigenvalue weighted by atomic mass is 9.96. The normalized spacial score (nSPS) is 17.6. The SMILES string of the molecule is CC(C)c1ccc(C(=O)NC2CCCCCCC2)cc1. The first kappa shape index (κ1) is 15.1. The average Bonchev–Trinajstić information content (AvgIpc) is 2.41. The van der Waals surface area contributed by atoms with Gasteiger partial charge in [-0.25, -0.2) is 0 Å². The summed E-state index contributed by atoms with van der Waals surface area (Å²) in [5.41, 5.74) is 2.07. The molecule has 110 valence electrons. The number of carbonyl (C=O) groups is 1. The van der Waals surface area contributed by atoms with E-state index in [4.69, 9.17) is 0 Å². The van der Waals surface area contributed by atoms with E-state index < -0.39 is 0 Å². The van der Waals surface area contributed by atoms with Crippen LogP contribution in [0.4, 0.5) is 0 Å². The van der Waals surface area contributed by atoms with Crippen LogP contribution < -0.4 is 5.32 Å². The molecule has 2 rings (SSSR count). The van der Waals surface area contributed by atoms with E-state index in [0.717, 1.165) is 18.4 Å². The van der Waals surface area contributed by atoms with Gasteiger partial charge in [0.2, 0.25) is 0 Å². The van der Waals surface area contributed by atoms with Crippen molar-refractivity contribution in [2.45, 2.75) is 70.8 Å². The lowest BCUT2D eigenvalue weighted by Gasteiger charge is -2.21. The van der Waals surface area contributed by atoms with Gasteiger partial charge in [-0.1, -0.05) is 58.1 Å². The number of amides is 1. The number of carbonyl (C=O) groups excluding carboxylic acids is 1. The number of rotatable bonds is 3. The molecule has 2 heteroatoms. The Hall–Kier alpha value is -1.31. The second-order valence-corrected chi connectivity index (χ2v) is 6.29. The molecule has 1 fully saturated rings. The Morgan fingerprint density at radius 1 is 1.00 bits per heavy atom. The van der Waals surface area contributed by atoms with Crippen molar-refractivity contribution >= 4 is 5.91 Å². The van der Waals surface area contributed by atoms with Gasteiger partial charge in [0.15, 0.2) is 0 Å². The van der Waals surface area contributed by atoms with Crippen LogP contribution in [-0.4, -0.2) is 11.9 Å². The maximum absolute atomic E-state index is 12.3. The summed E-state index contributed by atoms with van der Waals surface area (Å²) in [5.74, 6) is 0.601. The Labute approximate surface area is 123 Å². The summed E-state index contributed by atoms with van der Waals surface area (Å²) in [7, 11) is 0. The van der Waals surface area contributed by atoms with Crippen LogP contribution in [0.15, 0.2) is 24.3 Å². The van der Waals surface area contributed by atoms with Gasteiger partial charge in [0.25, 0.3) is 5.91 Å². The molecule has 0 spiro atoms. The average molecular weight is 273 g/mol. The molecule has 1 saturated carbocycles. The van der Waals surface area contributed by atoms with Crippen LogP contribution in [0, 0.1) is 0 Å². The van der Waals surface area contributed by atoms with Crippen molar-refractivity contribution in [1.29, 1.82) is 0 Å². The van der Waals surface area contributed by atoms with Gasteiger partial charge in [-0.15, -0.1) is 0 Å². The lowest BCUT2D eigenvalue weighted by Crippen LogP contribution is -2.35. The highest BCUT2D eigenvalue weighted by Gasteiger charge is 2.15. The van der Waals surface area contributed by atoms with Crippen LogP contribution in [0.25, 0.3) is 0 Å². The largest absolute Gasteiger partial charge is 0.349 e. The zero-order chi connectivity index (χ0) is 14.4. The molecule has 0 atom stereocenters. The summed E-state index contributed by atoms with van der Waals surface area (Å²) in [6, 6.07) is 8.41. The van der Waals surface area contributed by atoms with Gasteiger partial charge in [0, 0.05) is 11.6 Å². The highest BCUT2D eigenvalue weighted by molar-refractivity contribution is 5.94. The quantitative estimate of drug-likeness (QED) is 0.853. The zero-order valence-corrected chi connectivity index (χ0v) is 12.8. The highest BCUT2D eigenvalue weighted by atomic mass is 16.1. The molecular formula is C18H27NO. The smallest absolute Gasteiger partial charge is 0.251 e. The summed E-state index contributed by atoms with van der Waals surface area (Å²) >= 11 is 0. The van der Waals surface area contributed by atoms with Crippen LogP contribution in [0.2, 0.25) is 0 Å². The molecule has 0 saturated heterocycles. The molecule has 0 aliphatic heterocycles. The molecular weight excluding hydrogens is 246 g/mol. The fourth-order valence-electron chi connectivity index (χ4n) is 2.89.